The van der Waals surface area contributed by atoms with Crippen LogP contribution in [0.25, 0.3) is 71.6 Å². The third kappa shape index (κ3) is 6.18. The fourth-order valence-corrected chi connectivity index (χ4v) is 11.1. The first-order chi connectivity index (χ1) is 33.2. The van der Waals surface area contributed by atoms with E-state index in [9.17, 15) is 0 Å². The van der Waals surface area contributed by atoms with Gasteiger partial charge in [0.05, 0.1) is 16.4 Å². The van der Waals surface area contributed by atoms with Crippen LogP contribution in [-0.2, 0) is 5.41 Å². The number of hydrogen-bond acceptors (Lipinski definition) is 1. The topological polar surface area (TPSA) is 8.17 Å². The molecule has 0 fully saturated rings. The highest BCUT2D eigenvalue weighted by Gasteiger charge is 2.46. The largest absolute Gasteiger partial charge is 0.310 e. The van der Waals surface area contributed by atoms with Crippen molar-refractivity contribution in [2.24, 2.45) is 0 Å². The molecule has 0 saturated heterocycles. The van der Waals surface area contributed by atoms with E-state index < -0.39 is 5.41 Å². The van der Waals surface area contributed by atoms with Crippen LogP contribution in [-0.4, -0.2) is 4.57 Å². The van der Waals surface area contributed by atoms with Gasteiger partial charge in [-0.2, -0.15) is 0 Å². The molecule has 0 N–H and O–H groups in total. The normalized spacial score (nSPS) is 12.6. The van der Waals surface area contributed by atoms with Gasteiger partial charge in [-0.15, -0.1) is 0 Å². The molecule has 1 aliphatic carbocycles. The Morgan fingerprint density at radius 2 is 0.851 bits per heavy atom. The Bertz CT molecular complexity index is 3700. The van der Waals surface area contributed by atoms with Crippen LogP contribution in [0, 0.1) is 0 Å². The van der Waals surface area contributed by atoms with E-state index in [4.69, 9.17) is 0 Å². The van der Waals surface area contributed by atoms with Crippen molar-refractivity contribution in [2.45, 2.75) is 5.41 Å². The Labute approximate surface area is 390 Å². The molecule has 13 rings (SSSR count). The maximum Gasteiger partial charge on any atom is 0.0713 e. The molecule has 2 nitrogen and oxygen atoms in total. The average molecular weight is 853 g/mol. The zero-order chi connectivity index (χ0) is 44.3. The second kappa shape index (κ2) is 15.8. The number of para-hydroxylation sites is 2. The number of aromatic nitrogens is 1. The van der Waals surface area contributed by atoms with Gasteiger partial charge in [0.15, 0.2) is 0 Å². The Balaban J connectivity index is 0.955. The molecule has 0 atom stereocenters. The monoisotopic (exact) mass is 852 g/mol. The summed E-state index contributed by atoms with van der Waals surface area (Å²) >= 11 is 0. The van der Waals surface area contributed by atoms with E-state index in [1.165, 1.54) is 88.2 Å². The van der Waals surface area contributed by atoms with Gasteiger partial charge in [0.2, 0.25) is 0 Å². The molecule has 0 saturated carbocycles. The number of nitrogens with zero attached hydrogens (tertiary/aromatic N) is 2. The first kappa shape index (κ1) is 38.7. The van der Waals surface area contributed by atoms with Crippen molar-refractivity contribution in [2.75, 3.05) is 4.90 Å². The number of fused-ring (bicyclic) bond motifs is 8. The van der Waals surface area contributed by atoms with E-state index in [0.717, 1.165) is 22.7 Å². The highest BCUT2D eigenvalue weighted by atomic mass is 15.1. The number of benzene rings is 11. The molecular formula is C65H44N2. The van der Waals surface area contributed by atoms with Gasteiger partial charge in [-0.25, -0.2) is 0 Å². The molecule has 11 aromatic carbocycles. The summed E-state index contributed by atoms with van der Waals surface area (Å²) in [6.45, 7) is 0. The second-order valence-corrected chi connectivity index (χ2v) is 17.6. The van der Waals surface area contributed by atoms with Crippen LogP contribution < -0.4 is 4.90 Å². The first-order valence-electron chi connectivity index (χ1n) is 23.2. The van der Waals surface area contributed by atoms with Crippen LogP contribution >= 0.6 is 0 Å². The maximum atomic E-state index is 2.52. The summed E-state index contributed by atoms with van der Waals surface area (Å²) in [6, 6.07) is 97.9. The molecule has 0 unspecified atom stereocenters. The summed E-state index contributed by atoms with van der Waals surface area (Å²) in [6.07, 6.45) is 0. The smallest absolute Gasteiger partial charge is 0.0713 e. The lowest BCUT2D eigenvalue weighted by atomic mass is 9.68. The highest BCUT2D eigenvalue weighted by Crippen LogP contribution is 2.56. The van der Waals surface area contributed by atoms with Gasteiger partial charge in [-0.1, -0.05) is 212 Å². The number of rotatable bonds is 8. The molecule has 0 amide bonds. The third-order valence-corrected chi connectivity index (χ3v) is 14.0. The van der Waals surface area contributed by atoms with Gasteiger partial charge < -0.3 is 9.47 Å². The third-order valence-electron chi connectivity index (χ3n) is 14.0. The minimum atomic E-state index is -0.454. The van der Waals surface area contributed by atoms with Gasteiger partial charge in [0.25, 0.3) is 0 Å². The van der Waals surface area contributed by atoms with Crippen LogP contribution in [0.4, 0.5) is 17.1 Å². The van der Waals surface area contributed by atoms with Gasteiger partial charge >= 0.3 is 0 Å². The van der Waals surface area contributed by atoms with E-state index in [0.29, 0.717) is 0 Å². The van der Waals surface area contributed by atoms with Crippen molar-refractivity contribution in [3.8, 4) is 39.1 Å². The van der Waals surface area contributed by atoms with Crippen molar-refractivity contribution < 1.29 is 0 Å². The summed E-state index contributed by atoms with van der Waals surface area (Å²) in [5.41, 5.74) is 18.9. The minimum Gasteiger partial charge on any atom is -0.310 e. The summed E-state index contributed by atoms with van der Waals surface area (Å²) < 4.78 is 2.52. The van der Waals surface area contributed by atoms with Crippen LogP contribution in [0.5, 0.6) is 0 Å². The van der Waals surface area contributed by atoms with E-state index in [1.807, 2.05) is 0 Å². The Morgan fingerprint density at radius 1 is 0.313 bits per heavy atom. The Kier molecular flexibility index (Phi) is 9.11. The van der Waals surface area contributed by atoms with Crippen LogP contribution in [0.3, 0.4) is 0 Å². The maximum absolute atomic E-state index is 2.52. The predicted octanol–water partition coefficient (Wildman–Crippen LogP) is 17.1. The van der Waals surface area contributed by atoms with Crippen LogP contribution in [0.1, 0.15) is 22.3 Å². The minimum absolute atomic E-state index is 0.454. The lowest BCUT2D eigenvalue weighted by Gasteiger charge is -2.33. The molecule has 0 aliphatic heterocycles. The SMILES string of the molecule is c1ccc(N(c2ccccc2)c2cccc(-c3ccc(-c4ccc5c6ccc7ccccc7c6n(-c6ccc7c(c6)-c6ccccc6C7(c6ccccc6)c6ccccc6)c5c4)cc3)c2)cc1. The standard InChI is InChI=1S/C65H44N2/c1-5-20-50(21-6-1)65(51-22-7-2-8-23-51)61-31-16-15-30-57(61)60-44-55(38-41-62(60)65)67-63-43-49(37-39-58(63)59-40-36-47-18-13-14-29-56(47)64(59)67)46-34-32-45(33-35-46)48-19-17-28-54(42-48)66(52-24-9-3-10-25-52)53-26-11-4-12-27-53/h1-44H. The second-order valence-electron chi connectivity index (χ2n) is 17.6. The molecule has 67 heavy (non-hydrogen) atoms. The fraction of sp³-hybridized carbons (Fsp3) is 0.0154. The van der Waals surface area contributed by atoms with Gasteiger partial charge in [-0.3, -0.25) is 0 Å². The van der Waals surface area contributed by atoms with Crippen molar-refractivity contribution in [3.05, 3.63) is 289 Å². The Hall–Kier alpha value is -8.72. The molecule has 0 spiro atoms. The van der Waals surface area contributed by atoms with E-state index in [-0.39, 0.29) is 0 Å². The summed E-state index contributed by atoms with van der Waals surface area (Å²) in [7, 11) is 0. The summed E-state index contributed by atoms with van der Waals surface area (Å²) in [5.74, 6) is 0. The van der Waals surface area contributed by atoms with Gasteiger partial charge in [0.1, 0.15) is 0 Å². The molecule has 314 valence electrons. The molecule has 1 aromatic heterocycles. The molecule has 2 heteroatoms. The van der Waals surface area contributed by atoms with Crippen molar-refractivity contribution >= 4 is 49.6 Å². The zero-order valence-electron chi connectivity index (χ0n) is 36.8. The van der Waals surface area contributed by atoms with Crippen molar-refractivity contribution in [1.82, 2.24) is 4.57 Å². The number of hydrogen-bond donors (Lipinski definition) is 0. The van der Waals surface area contributed by atoms with Gasteiger partial charge in [0, 0.05) is 38.9 Å². The van der Waals surface area contributed by atoms with E-state index in [2.05, 4.69) is 276 Å². The summed E-state index contributed by atoms with van der Waals surface area (Å²) in [5, 5.41) is 4.96. The molecule has 0 bridgehead atoms. The molecular weight excluding hydrogens is 809 g/mol. The van der Waals surface area contributed by atoms with Crippen molar-refractivity contribution in [1.29, 1.82) is 0 Å². The first-order valence-corrected chi connectivity index (χ1v) is 23.2. The highest BCUT2D eigenvalue weighted by molar-refractivity contribution is 6.19. The van der Waals surface area contributed by atoms with Gasteiger partial charge in [-0.05, 0) is 116 Å². The summed E-state index contributed by atoms with van der Waals surface area (Å²) in [4.78, 5) is 2.32. The van der Waals surface area contributed by atoms with Crippen molar-refractivity contribution in [3.63, 3.8) is 0 Å². The lowest BCUT2D eigenvalue weighted by molar-refractivity contribution is 0.768. The van der Waals surface area contributed by atoms with Crippen LogP contribution in [0.2, 0.25) is 0 Å². The average Bonchev–Trinajstić information content (AvgIpc) is 3.90. The Morgan fingerprint density at radius 3 is 1.54 bits per heavy atom. The fourth-order valence-electron chi connectivity index (χ4n) is 11.1. The molecule has 12 aromatic rings. The lowest BCUT2D eigenvalue weighted by Crippen LogP contribution is -2.28. The van der Waals surface area contributed by atoms with E-state index >= 15 is 0 Å². The predicted molar refractivity (Wildman–Crippen MR) is 281 cm³/mol. The molecule has 1 heterocycles. The molecule has 1 aliphatic rings. The van der Waals surface area contributed by atoms with Crippen LogP contribution in [0.15, 0.2) is 267 Å². The number of anilines is 3. The quantitative estimate of drug-likeness (QED) is 0.148. The zero-order valence-corrected chi connectivity index (χ0v) is 36.8. The van der Waals surface area contributed by atoms with E-state index in [1.54, 1.807) is 0 Å². The molecule has 0 radical (unpaired) electrons.